The number of nitrogens with zero attached hydrogens (tertiary/aromatic N) is 2. The monoisotopic (exact) mass is 447 g/mol. The van der Waals surface area contributed by atoms with Crippen LogP contribution in [0.5, 0.6) is 5.75 Å². The number of hydrogen-bond acceptors (Lipinski definition) is 3. The van der Waals surface area contributed by atoms with Crippen molar-refractivity contribution in [2.24, 2.45) is 0 Å². The van der Waals surface area contributed by atoms with E-state index >= 15 is 0 Å². The maximum atomic E-state index is 13.3. The SMILES string of the molecule is COc1ccc(-n2nc(CCC(=O)NCc3cc(F)cc(F)c3)cc2-c2ccccc2)cc1. The molecule has 0 fully saturated rings. The highest BCUT2D eigenvalue weighted by Crippen LogP contribution is 2.25. The molecule has 0 spiro atoms. The number of aromatic nitrogens is 2. The third kappa shape index (κ3) is 5.63. The predicted octanol–water partition coefficient (Wildman–Crippen LogP) is 5.08. The summed E-state index contributed by atoms with van der Waals surface area (Å²) in [6.07, 6.45) is 0.623. The molecule has 1 amide bonds. The van der Waals surface area contributed by atoms with Crippen molar-refractivity contribution in [2.75, 3.05) is 7.11 Å². The maximum absolute atomic E-state index is 13.3. The summed E-state index contributed by atoms with van der Waals surface area (Å²) >= 11 is 0. The van der Waals surface area contributed by atoms with Crippen LogP contribution < -0.4 is 10.1 Å². The third-order valence-corrected chi connectivity index (χ3v) is 5.17. The lowest BCUT2D eigenvalue weighted by Crippen LogP contribution is -2.23. The Labute approximate surface area is 190 Å². The number of carbonyl (C=O) groups excluding carboxylic acids is 1. The van der Waals surface area contributed by atoms with Crippen LogP contribution in [0.25, 0.3) is 16.9 Å². The lowest BCUT2D eigenvalue weighted by molar-refractivity contribution is -0.121. The number of benzene rings is 3. The molecule has 0 aliphatic heterocycles. The Kier molecular flexibility index (Phi) is 6.78. The highest BCUT2D eigenvalue weighted by atomic mass is 19.1. The fourth-order valence-corrected chi connectivity index (χ4v) is 3.53. The Morgan fingerprint density at radius 3 is 2.33 bits per heavy atom. The van der Waals surface area contributed by atoms with Gasteiger partial charge < -0.3 is 10.1 Å². The molecule has 0 saturated heterocycles. The number of carbonyl (C=O) groups is 1. The van der Waals surface area contributed by atoms with E-state index in [1.165, 1.54) is 12.1 Å². The zero-order valence-corrected chi connectivity index (χ0v) is 18.1. The van der Waals surface area contributed by atoms with E-state index in [0.29, 0.717) is 12.0 Å². The standard InChI is InChI=1S/C26H23F2N3O2/c1-33-24-10-8-23(9-11-24)31-25(19-5-3-2-4-6-19)16-22(30-31)7-12-26(32)29-17-18-13-20(27)15-21(28)14-18/h2-6,8-11,13-16H,7,12,17H2,1H3,(H,29,32). The van der Waals surface area contributed by atoms with Crippen molar-refractivity contribution in [1.82, 2.24) is 15.1 Å². The highest BCUT2D eigenvalue weighted by Gasteiger charge is 2.13. The zero-order chi connectivity index (χ0) is 23.2. The molecule has 33 heavy (non-hydrogen) atoms. The van der Waals surface area contributed by atoms with Crippen LogP contribution in [0.15, 0.2) is 78.9 Å². The number of amides is 1. The summed E-state index contributed by atoms with van der Waals surface area (Å²) in [7, 11) is 1.62. The van der Waals surface area contributed by atoms with Gasteiger partial charge in [0.05, 0.1) is 24.2 Å². The van der Waals surface area contributed by atoms with Gasteiger partial charge in [-0.15, -0.1) is 0 Å². The largest absolute Gasteiger partial charge is 0.497 e. The Morgan fingerprint density at radius 1 is 0.970 bits per heavy atom. The van der Waals surface area contributed by atoms with Gasteiger partial charge in [-0.05, 0) is 48.0 Å². The normalized spacial score (nSPS) is 10.8. The van der Waals surface area contributed by atoms with Crippen molar-refractivity contribution in [2.45, 2.75) is 19.4 Å². The quantitative estimate of drug-likeness (QED) is 0.410. The molecule has 0 unspecified atom stereocenters. The van der Waals surface area contributed by atoms with Crippen molar-refractivity contribution < 1.29 is 18.3 Å². The van der Waals surface area contributed by atoms with Gasteiger partial charge in [0.15, 0.2) is 0 Å². The topological polar surface area (TPSA) is 56.2 Å². The van der Waals surface area contributed by atoms with E-state index in [1.807, 2.05) is 65.3 Å². The van der Waals surface area contributed by atoms with E-state index < -0.39 is 11.6 Å². The van der Waals surface area contributed by atoms with E-state index in [9.17, 15) is 13.6 Å². The molecule has 5 nitrogen and oxygen atoms in total. The van der Waals surface area contributed by atoms with E-state index in [1.54, 1.807) is 7.11 Å². The number of halogens is 2. The van der Waals surface area contributed by atoms with Crippen molar-refractivity contribution in [3.05, 3.63) is 102 Å². The highest BCUT2D eigenvalue weighted by molar-refractivity contribution is 5.76. The minimum Gasteiger partial charge on any atom is -0.497 e. The van der Waals surface area contributed by atoms with Gasteiger partial charge in [-0.1, -0.05) is 30.3 Å². The molecule has 0 aliphatic carbocycles. The molecule has 4 rings (SSSR count). The summed E-state index contributed by atoms with van der Waals surface area (Å²) in [5.74, 6) is -0.810. The van der Waals surface area contributed by atoms with Gasteiger partial charge in [-0.2, -0.15) is 5.10 Å². The molecule has 0 radical (unpaired) electrons. The van der Waals surface area contributed by atoms with Gasteiger partial charge in [0, 0.05) is 31.0 Å². The van der Waals surface area contributed by atoms with Crippen molar-refractivity contribution >= 4 is 5.91 Å². The third-order valence-electron chi connectivity index (χ3n) is 5.17. The zero-order valence-electron chi connectivity index (χ0n) is 18.1. The number of hydrogen-bond donors (Lipinski definition) is 1. The Bertz CT molecular complexity index is 1220. The molecule has 1 aromatic heterocycles. The van der Waals surface area contributed by atoms with Crippen molar-refractivity contribution in [3.63, 3.8) is 0 Å². The summed E-state index contributed by atoms with van der Waals surface area (Å²) in [4.78, 5) is 12.3. The lowest BCUT2D eigenvalue weighted by Gasteiger charge is -2.08. The number of nitrogens with one attached hydrogen (secondary N) is 1. The molecule has 7 heteroatoms. The van der Waals surface area contributed by atoms with E-state index in [-0.39, 0.29) is 18.9 Å². The second kappa shape index (κ2) is 10.1. The first-order valence-corrected chi connectivity index (χ1v) is 10.5. The first-order valence-electron chi connectivity index (χ1n) is 10.5. The number of ether oxygens (including phenoxy) is 1. The molecule has 1 heterocycles. The summed E-state index contributed by atoms with van der Waals surface area (Å²) in [6, 6.07) is 22.6. The minimum absolute atomic E-state index is 0.0586. The fraction of sp³-hybridized carbons (Fsp3) is 0.154. The molecular formula is C26H23F2N3O2. The average molecular weight is 447 g/mol. The van der Waals surface area contributed by atoms with Gasteiger partial charge >= 0.3 is 0 Å². The molecule has 0 atom stereocenters. The second-order valence-corrected chi connectivity index (χ2v) is 7.55. The smallest absolute Gasteiger partial charge is 0.220 e. The van der Waals surface area contributed by atoms with Gasteiger partial charge in [0.1, 0.15) is 17.4 Å². The van der Waals surface area contributed by atoms with Crippen LogP contribution in [0.3, 0.4) is 0 Å². The summed E-state index contributed by atoms with van der Waals surface area (Å²) in [5, 5.41) is 7.42. The van der Waals surface area contributed by atoms with Crippen LogP contribution in [0.2, 0.25) is 0 Å². The van der Waals surface area contributed by atoms with Crippen molar-refractivity contribution in [1.29, 1.82) is 0 Å². The van der Waals surface area contributed by atoms with Crippen LogP contribution in [0.4, 0.5) is 8.78 Å². The molecule has 0 bridgehead atoms. The molecular weight excluding hydrogens is 424 g/mol. The van der Waals surface area contributed by atoms with E-state index in [2.05, 4.69) is 5.32 Å². The number of rotatable bonds is 8. The minimum atomic E-state index is -0.670. The van der Waals surface area contributed by atoms with Crippen LogP contribution in [0.1, 0.15) is 17.7 Å². The Morgan fingerprint density at radius 2 is 1.67 bits per heavy atom. The van der Waals surface area contributed by atoms with Gasteiger partial charge in [0.25, 0.3) is 0 Å². The molecule has 168 valence electrons. The fourth-order valence-electron chi connectivity index (χ4n) is 3.53. The number of aryl methyl sites for hydroxylation is 1. The van der Waals surface area contributed by atoms with Gasteiger partial charge in [-0.3, -0.25) is 4.79 Å². The molecule has 0 saturated carbocycles. The van der Waals surface area contributed by atoms with Crippen LogP contribution >= 0.6 is 0 Å². The second-order valence-electron chi connectivity index (χ2n) is 7.55. The lowest BCUT2D eigenvalue weighted by atomic mass is 10.1. The average Bonchev–Trinajstić information content (AvgIpc) is 3.26. The first-order chi connectivity index (χ1) is 16.0. The number of methoxy groups -OCH3 is 1. The molecule has 4 aromatic rings. The summed E-state index contributed by atoms with van der Waals surface area (Å²) < 4.78 is 33.7. The summed E-state index contributed by atoms with van der Waals surface area (Å²) in [5.41, 5.74) is 3.92. The Hall–Kier alpha value is -4.00. The van der Waals surface area contributed by atoms with Gasteiger partial charge in [0.2, 0.25) is 5.91 Å². The van der Waals surface area contributed by atoms with Crippen LogP contribution in [0, 0.1) is 11.6 Å². The van der Waals surface area contributed by atoms with Crippen LogP contribution in [-0.2, 0) is 17.8 Å². The molecule has 0 aliphatic rings. The predicted molar refractivity (Wildman–Crippen MR) is 122 cm³/mol. The maximum Gasteiger partial charge on any atom is 0.220 e. The Balaban J connectivity index is 1.48. The van der Waals surface area contributed by atoms with Crippen LogP contribution in [-0.4, -0.2) is 22.8 Å². The molecule has 1 N–H and O–H groups in total. The van der Waals surface area contributed by atoms with E-state index in [4.69, 9.17) is 9.84 Å². The van der Waals surface area contributed by atoms with E-state index in [0.717, 1.165) is 34.5 Å². The van der Waals surface area contributed by atoms with Gasteiger partial charge in [-0.25, -0.2) is 13.5 Å². The summed E-state index contributed by atoms with van der Waals surface area (Å²) in [6.45, 7) is 0.0586. The first kappa shape index (κ1) is 22.2. The molecule has 3 aromatic carbocycles. The van der Waals surface area contributed by atoms with Crippen molar-refractivity contribution in [3.8, 4) is 22.7 Å².